The van der Waals surface area contributed by atoms with Gasteiger partial charge in [0.2, 0.25) is 0 Å². The standard InChI is InChI=1S/C31H34ClNO5/c32-27-11-3-1-9-25(27)21-38-29-13-4-2-8-22(29)17-19-33(18-6-5-14-30(34)35)28-12-7-10-23-20-24(31(36)37)15-16-26(23)28/h1-4,8-9,11,13,15-16,20,28H,5-7,10,12,14,17-19,21H2,(H,34,35)(H,36,37). The molecule has 200 valence electrons. The van der Waals surface area contributed by atoms with Gasteiger partial charge in [-0.2, -0.15) is 0 Å². The fraction of sp³-hybridized carbons (Fsp3) is 0.355. The lowest BCUT2D eigenvalue weighted by Gasteiger charge is -2.36. The molecule has 0 heterocycles. The van der Waals surface area contributed by atoms with Crippen molar-refractivity contribution < 1.29 is 24.5 Å². The van der Waals surface area contributed by atoms with E-state index in [1.807, 2.05) is 54.6 Å². The molecule has 0 amide bonds. The first-order chi connectivity index (χ1) is 18.4. The number of para-hydroxylation sites is 1. The number of carbonyl (C=O) groups is 2. The van der Waals surface area contributed by atoms with Crippen molar-refractivity contribution in [3.05, 3.63) is 99.6 Å². The Morgan fingerprint density at radius 1 is 0.947 bits per heavy atom. The van der Waals surface area contributed by atoms with Gasteiger partial charge in [-0.1, -0.05) is 54.1 Å². The molecule has 0 radical (unpaired) electrons. The highest BCUT2D eigenvalue weighted by molar-refractivity contribution is 6.31. The number of benzene rings is 3. The number of nitrogens with zero attached hydrogens (tertiary/aromatic N) is 1. The second-order valence-corrected chi connectivity index (χ2v) is 10.2. The molecule has 38 heavy (non-hydrogen) atoms. The Morgan fingerprint density at radius 2 is 1.71 bits per heavy atom. The van der Waals surface area contributed by atoms with E-state index in [1.165, 1.54) is 5.56 Å². The molecule has 1 aliphatic rings. The Balaban J connectivity index is 1.50. The van der Waals surface area contributed by atoms with Crippen LogP contribution in [0.5, 0.6) is 5.75 Å². The Labute approximate surface area is 228 Å². The Kier molecular flexibility index (Phi) is 9.79. The maximum atomic E-state index is 11.5. The summed E-state index contributed by atoms with van der Waals surface area (Å²) in [5.74, 6) is -0.854. The molecule has 1 unspecified atom stereocenters. The van der Waals surface area contributed by atoms with Crippen LogP contribution in [0.1, 0.15) is 70.8 Å². The number of aryl methyl sites for hydroxylation is 1. The average Bonchev–Trinajstić information content (AvgIpc) is 2.92. The number of ether oxygens (including phenoxy) is 1. The van der Waals surface area contributed by atoms with Gasteiger partial charge in [-0.15, -0.1) is 0 Å². The van der Waals surface area contributed by atoms with Gasteiger partial charge in [-0.25, -0.2) is 4.79 Å². The van der Waals surface area contributed by atoms with Gasteiger partial charge in [-0.05, 0) is 86.0 Å². The van der Waals surface area contributed by atoms with E-state index in [2.05, 4.69) is 11.0 Å². The molecule has 4 rings (SSSR count). The molecule has 3 aromatic rings. The third-order valence-electron chi connectivity index (χ3n) is 7.18. The molecule has 0 saturated carbocycles. The highest BCUT2D eigenvalue weighted by Gasteiger charge is 2.26. The van der Waals surface area contributed by atoms with Crippen LogP contribution in [0.25, 0.3) is 0 Å². The van der Waals surface area contributed by atoms with Gasteiger partial charge in [0.15, 0.2) is 0 Å². The zero-order chi connectivity index (χ0) is 26.9. The maximum Gasteiger partial charge on any atom is 0.335 e. The first-order valence-corrected chi connectivity index (χ1v) is 13.6. The molecule has 0 spiro atoms. The number of aromatic carboxylic acids is 1. The monoisotopic (exact) mass is 535 g/mol. The Morgan fingerprint density at radius 3 is 2.47 bits per heavy atom. The fourth-order valence-corrected chi connectivity index (χ4v) is 5.39. The van der Waals surface area contributed by atoms with Crippen LogP contribution in [0.2, 0.25) is 5.02 Å². The summed E-state index contributed by atoms with van der Waals surface area (Å²) in [6, 6.07) is 21.3. The lowest BCUT2D eigenvalue weighted by atomic mass is 9.85. The Hall–Kier alpha value is -3.35. The first kappa shape index (κ1) is 27.7. The number of unbranched alkanes of at least 4 members (excludes halogenated alkanes) is 1. The minimum atomic E-state index is -0.908. The molecule has 0 saturated heterocycles. The van der Waals surface area contributed by atoms with Crippen molar-refractivity contribution in [2.75, 3.05) is 13.1 Å². The van der Waals surface area contributed by atoms with E-state index in [0.29, 0.717) is 23.6 Å². The van der Waals surface area contributed by atoms with E-state index in [0.717, 1.165) is 67.6 Å². The summed E-state index contributed by atoms with van der Waals surface area (Å²) >= 11 is 6.31. The number of hydrogen-bond acceptors (Lipinski definition) is 4. The number of carboxylic acid groups (broad SMARTS) is 2. The van der Waals surface area contributed by atoms with Crippen molar-refractivity contribution in [3.63, 3.8) is 0 Å². The van der Waals surface area contributed by atoms with Crippen LogP contribution < -0.4 is 4.74 Å². The number of fused-ring (bicyclic) bond motifs is 1. The van der Waals surface area contributed by atoms with Crippen LogP contribution in [0.3, 0.4) is 0 Å². The molecule has 0 aromatic heterocycles. The summed E-state index contributed by atoms with van der Waals surface area (Å²) in [6.07, 6.45) is 5.20. The summed E-state index contributed by atoms with van der Waals surface area (Å²) < 4.78 is 6.17. The zero-order valence-corrected chi connectivity index (χ0v) is 22.2. The summed E-state index contributed by atoms with van der Waals surface area (Å²) in [4.78, 5) is 25.0. The normalized spacial score (nSPS) is 14.7. The molecule has 0 fully saturated rings. The van der Waals surface area contributed by atoms with Gasteiger partial charge in [-0.3, -0.25) is 9.69 Å². The number of halogens is 1. The zero-order valence-electron chi connectivity index (χ0n) is 21.4. The molecule has 1 aliphatic carbocycles. The summed E-state index contributed by atoms with van der Waals surface area (Å²) in [6.45, 7) is 1.95. The minimum Gasteiger partial charge on any atom is -0.489 e. The second-order valence-electron chi connectivity index (χ2n) is 9.75. The quantitative estimate of drug-likeness (QED) is 0.234. The van der Waals surface area contributed by atoms with Crippen LogP contribution >= 0.6 is 11.6 Å². The highest BCUT2D eigenvalue weighted by Crippen LogP contribution is 2.35. The number of hydrogen-bond donors (Lipinski definition) is 2. The van der Waals surface area contributed by atoms with Crippen molar-refractivity contribution in [1.29, 1.82) is 0 Å². The van der Waals surface area contributed by atoms with E-state index in [4.69, 9.17) is 21.4 Å². The van der Waals surface area contributed by atoms with Gasteiger partial charge in [0.05, 0.1) is 5.56 Å². The molecule has 7 heteroatoms. The van der Waals surface area contributed by atoms with Gasteiger partial charge < -0.3 is 14.9 Å². The minimum absolute atomic E-state index is 0.162. The first-order valence-electron chi connectivity index (χ1n) is 13.2. The molecule has 3 aromatic carbocycles. The highest BCUT2D eigenvalue weighted by atomic mass is 35.5. The maximum absolute atomic E-state index is 11.5. The molecular formula is C31H34ClNO5. The second kappa shape index (κ2) is 13.4. The smallest absolute Gasteiger partial charge is 0.335 e. The molecule has 0 aliphatic heterocycles. The van der Waals surface area contributed by atoms with E-state index < -0.39 is 11.9 Å². The van der Waals surface area contributed by atoms with Crippen LogP contribution in [-0.4, -0.2) is 40.1 Å². The largest absolute Gasteiger partial charge is 0.489 e. The van der Waals surface area contributed by atoms with Gasteiger partial charge in [0.25, 0.3) is 0 Å². The van der Waals surface area contributed by atoms with Crippen molar-refractivity contribution in [3.8, 4) is 5.75 Å². The molecule has 2 N–H and O–H groups in total. The predicted octanol–water partition coefficient (Wildman–Crippen LogP) is 6.79. The van der Waals surface area contributed by atoms with Gasteiger partial charge in [0.1, 0.15) is 12.4 Å². The SMILES string of the molecule is O=C(O)CCCCN(CCc1ccccc1OCc1ccccc1Cl)C1CCCc2cc(C(=O)O)ccc21. The summed E-state index contributed by atoms with van der Waals surface area (Å²) in [5.41, 5.74) is 4.64. The van der Waals surface area contributed by atoms with Crippen LogP contribution in [0, 0.1) is 0 Å². The van der Waals surface area contributed by atoms with Crippen molar-refractivity contribution in [2.24, 2.45) is 0 Å². The lowest BCUT2D eigenvalue weighted by molar-refractivity contribution is -0.137. The molecule has 1 atom stereocenters. The van der Waals surface area contributed by atoms with E-state index in [9.17, 15) is 14.7 Å². The third-order valence-corrected chi connectivity index (χ3v) is 7.55. The van der Waals surface area contributed by atoms with E-state index >= 15 is 0 Å². The number of carboxylic acids is 2. The molecule has 0 bridgehead atoms. The predicted molar refractivity (Wildman–Crippen MR) is 148 cm³/mol. The number of aliphatic carboxylic acids is 1. The fourth-order valence-electron chi connectivity index (χ4n) is 5.20. The van der Waals surface area contributed by atoms with Crippen molar-refractivity contribution >= 4 is 23.5 Å². The van der Waals surface area contributed by atoms with Crippen molar-refractivity contribution in [2.45, 2.75) is 57.6 Å². The van der Waals surface area contributed by atoms with Crippen molar-refractivity contribution in [1.82, 2.24) is 4.90 Å². The van der Waals surface area contributed by atoms with Gasteiger partial charge >= 0.3 is 11.9 Å². The third kappa shape index (κ3) is 7.36. The summed E-state index contributed by atoms with van der Waals surface area (Å²) in [5, 5.41) is 19.2. The lowest BCUT2D eigenvalue weighted by Crippen LogP contribution is -2.34. The van der Waals surface area contributed by atoms with Crippen LogP contribution in [0.15, 0.2) is 66.7 Å². The topological polar surface area (TPSA) is 87.1 Å². The Bertz CT molecular complexity index is 1260. The van der Waals surface area contributed by atoms with Gasteiger partial charge in [0, 0.05) is 29.6 Å². The average molecular weight is 536 g/mol. The molecular weight excluding hydrogens is 502 g/mol. The number of rotatable bonds is 13. The summed E-state index contributed by atoms with van der Waals surface area (Å²) in [7, 11) is 0. The van der Waals surface area contributed by atoms with Crippen LogP contribution in [-0.2, 0) is 24.2 Å². The van der Waals surface area contributed by atoms with E-state index in [-0.39, 0.29) is 12.5 Å². The van der Waals surface area contributed by atoms with E-state index in [1.54, 1.807) is 6.07 Å². The molecule has 6 nitrogen and oxygen atoms in total. The van der Waals surface area contributed by atoms with Crippen LogP contribution in [0.4, 0.5) is 0 Å².